The molecule has 2 aliphatic rings. The fourth-order valence-electron chi connectivity index (χ4n) is 5.26. The molecule has 0 aromatic heterocycles. The third-order valence-corrected chi connectivity index (χ3v) is 5.92. The summed E-state index contributed by atoms with van der Waals surface area (Å²) in [6, 6.07) is 0. The van der Waals surface area contributed by atoms with E-state index in [0.717, 1.165) is 41.4 Å². The highest BCUT2D eigenvalue weighted by Gasteiger charge is 2.34. The SMILES string of the molecule is CC1CC(C)CC(C(C)C2CC(C)CC(C)C2)C1. The zero-order valence-corrected chi connectivity index (χ0v) is 13.3. The summed E-state index contributed by atoms with van der Waals surface area (Å²) in [6.07, 6.45) is 8.96. The van der Waals surface area contributed by atoms with Gasteiger partial charge < -0.3 is 0 Å². The van der Waals surface area contributed by atoms with Crippen molar-refractivity contribution in [3.8, 4) is 0 Å². The molecule has 2 rings (SSSR count). The Morgan fingerprint density at radius 3 is 1.11 bits per heavy atom. The van der Waals surface area contributed by atoms with E-state index in [1.54, 1.807) is 0 Å². The van der Waals surface area contributed by atoms with Gasteiger partial charge in [0.05, 0.1) is 0 Å². The first-order valence-electron chi connectivity index (χ1n) is 8.45. The van der Waals surface area contributed by atoms with Crippen LogP contribution in [-0.4, -0.2) is 0 Å². The molecule has 106 valence electrons. The van der Waals surface area contributed by atoms with Gasteiger partial charge in [-0.15, -0.1) is 0 Å². The molecule has 0 radical (unpaired) electrons. The third-order valence-electron chi connectivity index (χ3n) is 5.92. The van der Waals surface area contributed by atoms with Crippen LogP contribution in [-0.2, 0) is 0 Å². The Kier molecular flexibility index (Phi) is 4.78. The highest BCUT2D eigenvalue weighted by Crippen LogP contribution is 2.45. The van der Waals surface area contributed by atoms with Crippen molar-refractivity contribution in [3.63, 3.8) is 0 Å². The van der Waals surface area contributed by atoms with Crippen LogP contribution in [0.5, 0.6) is 0 Å². The minimum Gasteiger partial charge on any atom is -0.0625 e. The van der Waals surface area contributed by atoms with E-state index >= 15 is 0 Å². The second-order valence-electron chi connectivity index (χ2n) is 8.21. The smallest absolute Gasteiger partial charge is 0.0381 e. The fourth-order valence-corrected chi connectivity index (χ4v) is 5.26. The Hall–Kier alpha value is 0. The van der Waals surface area contributed by atoms with E-state index < -0.39 is 0 Å². The molecule has 2 fully saturated rings. The van der Waals surface area contributed by atoms with Gasteiger partial charge in [0, 0.05) is 0 Å². The van der Waals surface area contributed by atoms with Crippen molar-refractivity contribution < 1.29 is 0 Å². The predicted molar refractivity (Wildman–Crippen MR) is 80.5 cm³/mol. The summed E-state index contributed by atoms with van der Waals surface area (Å²) in [6.45, 7) is 12.5. The van der Waals surface area contributed by atoms with Crippen LogP contribution < -0.4 is 0 Å². The van der Waals surface area contributed by atoms with Crippen molar-refractivity contribution in [3.05, 3.63) is 0 Å². The Labute approximate surface area is 115 Å². The molecule has 0 aromatic rings. The zero-order valence-electron chi connectivity index (χ0n) is 13.3. The van der Waals surface area contributed by atoms with E-state index in [1.807, 2.05) is 0 Å². The summed E-state index contributed by atoms with van der Waals surface area (Å²) in [5.74, 6) is 6.90. The summed E-state index contributed by atoms with van der Waals surface area (Å²) < 4.78 is 0. The Morgan fingerprint density at radius 2 is 0.833 bits per heavy atom. The predicted octanol–water partition coefficient (Wildman–Crippen LogP) is 5.77. The molecule has 0 N–H and O–H groups in total. The van der Waals surface area contributed by atoms with Gasteiger partial charge in [-0.2, -0.15) is 0 Å². The van der Waals surface area contributed by atoms with Crippen LogP contribution in [0.25, 0.3) is 0 Å². The lowest BCUT2D eigenvalue weighted by Crippen LogP contribution is -2.32. The Balaban J connectivity index is 1.95. The lowest BCUT2D eigenvalue weighted by Gasteiger charge is -2.42. The topological polar surface area (TPSA) is 0 Å². The molecule has 0 aromatic carbocycles. The first kappa shape index (κ1) is 14.4. The molecule has 0 amide bonds. The first-order valence-corrected chi connectivity index (χ1v) is 8.45. The fraction of sp³-hybridized carbons (Fsp3) is 1.00. The van der Waals surface area contributed by atoms with E-state index in [0.29, 0.717) is 0 Å². The second kappa shape index (κ2) is 5.97. The molecular weight excluding hydrogens is 216 g/mol. The van der Waals surface area contributed by atoms with E-state index in [9.17, 15) is 0 Å². The molecule has 0 nitrogen and oxygen atoms in total. The van der Waals surface area contributed by atoms with E-state index in [2.05, 4.69) is 34.6 Å². The van der Waals surface area contributed by atoms with Crippen LogP contribution in [0.2, 0.25) is 0 Å². The van der Waals surface area contributed by atoms with Crippen LogP contribution in [0.15, 0.2) is 0 Å². The van der Waals surface area contributed by atoms with Crippen LogP contribution in [0.3, 0.4) is 0 Å². The molecule has 2 aliphatic carbocycles. The van der Waals surface area contributed by atoms with Crippen molar-refractivity contribution in [2.45, 2.75) is 73.1 Å². The minimum absolute atomic E-state index is 0.972. The monoisotopic (exact) mass is 250 g/mol. The normalized spacial score (nSPS) is 47.8. The highest BCUT2D eigenvalue weighted by atomic mass is 14.4. The van der Waals surface area contributed by atoms with E-state index in [4.69, 9.17) is 0 Å². The van der Waals surface area contributed by atoms with Crippen LogP contribution in [0.1, 0.15) is 73.1 Å². The molecule has 4 atom stereocenters. The van der Waals surface area contributed by atoms with Crippen molar-refractivity contribution in [1.29, 1.82) is 0 Å². The quantitative estimate of drug-likeness (QED) is 0.584. The van der Waals surface area contributed by atoms with Gasteiger partial charge in [-0.05, 0) is 80.0 Å². The minimum atomic E-state index is 0.972. The summed E-state index contributed by atoms with van der Waals surface area (Å²) >= 11 is 0. The largest absolute Gasteiger partial charge is 0.0625 e. The maximum absolute atomic E-state index is 2.57. The van der Waals surface area contributed by atoms with Gasteiger partial charge in [0.15, 0.2) is 0 Å². The summed E-state index contributed by atoms with van der Waals surface area (Å²) in [5, 5.41) is 0. The highest BCUT2D eigenvalue weighted by molar-refractivity contribution is 4.85. The second-order valence-corrected chi connectivity index (χ2v) is 8.21. The molecule has 2 saturated carbocycles. The van der Waals surface area contributed by atoms with Gasteiger partial charge in [0.2, 0.25) is 0 Å². The summed E-state index contributed by atoms with van der Waals surface area (Å²) in [7, 11) is 0. The van der Waals surface area contributed by atoms with Crippen molar-refractivity contribution >= 4 is 0 Å². The lowest BCUT2D eigenvalue weighted by molar-refractivity contribution is 0.0848. The van der Waals surface area contributed by atoms with Crippen LogP contribution in [0.4, 0.5) is 0 Å². The molecule has 0 heteroatoms. The average molecular weight is 250 g/mol. The van der Waals surface area contributed by atoms with E-state index in [-0.39, 0.29) is 0 Å². The van der Waals surface area contributed by atoms with Gasteiger partial charge in [-0.25, -0.2) is 0 Å². The standard InChI is InChI=1S/C18H34/c1-12-6-13(2)9-17(8-12)16(5)18-10-14(3)7-15(4)11-18/h12-18H,6-11H2,1-5H3. The molecule has 0 heterocycles. The molecule has 0 spiro atoms. The van der Waals surface area contributed by atoms with Crippen molar-refractivity contribution in [2.24, 2.45) is 41.4 Å². The van der Waals surface area contributed by atoms with Gasteiger partial charge in [-0.3, -0.25) is 0 Å². The van der Waals surface area contributed by atoms with Crippen LogP contribution >= 0.6 is 0 Å². The maximum atomic E-state index is 2.57. The van der Waals surface area contributed by atoms with Crippen LogP contribution in [0, 0.1) is 41.4 Å². The lowest BCUT2D eigenvalue weighted by atomic mass is 9.64. The van der Waals surface area contributed by atoms with Crippen molar-refractivity contribution in [1.82, 2.24) is 0 Å². The van der Waals surface area contributed by atoms with Gasteiger partial charge in [0.1, 0.15) is 0 Å². The molecule has 4 unspecified atom stereocenters. The van der Waals surface area contributed by atoms with Gasteiger partial charge >= 0.3 is 0 Å². The van der Waals surface area contributed by atoms with E-state index in [1.165, 1.54) is 38.5 Å². The summed E-state index contributed by atoms with van der Waals surface area (Å²) in [4.78, 5) is 0. The molecule has 0 aliphatic heterocycles. The number of hydrogen-bond donors (Lipinski definition) is 0. The van der Waals surface area contributed by atoms with Gasteiger partial charge in [-0.1, -0.05) is 34.6 Å². The molecule has 0 saturated heterocycles. The number of hydrogen-bond acceptors (Lipinski definition) is 0. The average Bonchev–Trinajstić information content (AvgIpc) is 2.25. The van der Waals surface area contributed by atoms with Crippen molar-refractivity contribution in [2.75, 3.05) is 0 Å². The Bertz CT molecular complexity index is 211. The molecule has 18 heavy (non-hydrogen) atoms. The third kappa shape index (κ3) is 3.52. The van der Waals surface area contributed by atoms with Gasteiger partial charge in [0.25, 0.3) is 0 Å². The molecule has 0 bridgehead atoms. The first-order chi connectivity index (χ1) is 8.45. The zero-order chi connectivity index (χ0) is 13.3. The summed E-state index contributed by atoms with van der Waals surface area (Å²) in [5.41, 5.74) is 0. The Morgan fingerprint density at radius 1 is 0.556 bits per heavy atom. The number of rotatable bonds is 2. The molecular formula is C18H34. The maximum Gasteiger partial charge on any atom is -0.0381 e.